The lowest BCUT2D eigenvalue weighted by Gasteiger charge is -2.29. The van der Waals surface area contributed by atoms with Crippen molar-refractivity contribution in [1.29, 1.82) is 0 Å². The number of aliphatic hydroxyl groups is 1. The average Bonchev–Trinajstić information content (AvgIpc) is 3.25. The normalized spacial score (nSPS) is 18.4. The molecule has 34 heavy (non-hydrogen) atoms. The quantitative estimate of drug-likeness (QED) is 0.349. The second-order valence-electron chi connectivity index (χ2n) is 8.79. The first kappa shape index (κ1) is 22.4. The van der Waals surface area contributed by atoms with E-state index in [4.69, 9.17) is 14.6 Å². The Morgan fingerprint density at radius 2 is 1.76 bits per heavy atom. The van der Waals surface area contributed by atoms with Crippen molar-refractivity contribution in [3.05, 3.63) is 101 Å². The smallest absolute Gasteiger partial charge is 0.290 e. The van der Waals surface area contributed by atoms with Gasteiger partial charge in [-0.25, -0.2) is 0 Å². The van der Waals surface area contributed by atoms with E-state index in [-0.39, 0.29) is 24.2 Å². The van der Waals surface area contributed by atoms with Crippen LogP contribution in [0, 0.1) is 0 Å². The van der Waals surface area contributed by atoms with Gasteiger partial charge in [0.2, 0.25) is 6.29 Å². The summed E-state index contributed by atoms with van der Waals surface area (Å²) in [4.78, 5) is 13.0. The van der Waals surface area contributed by atoms with Gasteiger partial charge in [-0.05, 0) is 65.3 Å². The molecular weight excluding hydrogens is 426 g/mol. The van der Waals surface area contributed by atoms with Crippen LogP contribution in [0.25, 0.3) is 11.1 Å². The highest BCUT2D eigenvalue weighted by Crippen LogP contribution is 2.40. The van der Waals surface area contributed by atoms with Crippen LogP contribution < -0.4 is 5.32 Å². The van der Waals surface area contributed by atoms with E-state index in [0.717, 1.165) is 18.4 Å². The molecule has 2 aliphatic rings. The van der Waals surface area contributed by atoms with E-state index in [0.29, 0.717) is 25.1 Å². The SMILES string of the molecule is O=C(Nc1ccccc1)C1=C[C@H](c2ccc3c(c2)-c2ccccc2C3)C[C@H](OCCCCO)O1. The maximum Gasteiger partial charge on any atom is 0.290 e. The molecule has 2 atom stereocenters. The highest BCUT2D eigenvalue weighted by Gasteiger charge is 2.30. The molecule has 0 spiro atoms. The fourth-order valence-electron chi connectivity index (χ4n) is 4.67. The van der Waals surface area contributed by atoms with Gasteiger partial charge in [0.15, 0.2) is 5.76 Å². The largest absolute Gasteiger partial charge is 0.459 e. The zero-order valence-electron chi connectivity index (χ0n) is 19.1. The molecule has 0 radical (unpaired) electrons. The number of amides is 1. The van der Waals surface area contributed by atoms with Gasteiger partial charge in [-0.15, -0.1) is 0 Å². The van der Waals surface area contributed by atoms with Gasteiger partial charge in [0.25, 0.3) is 5.91 Å². The first-order valence-electron chi connectivity index (χ1n) is 11.9. The van der Waals surface area contributed by atoms with Crippen LogP contribution in [0.2, 0.25) is 0 Å². The number of anilines is 1. The number of hydrogen-bond donors (Lipinski definition) is 2. The van der Waals surface area contributed by atoms with Crippen molar-refractivity contribution < 1.29 is 19.4 Å². The predicted molar refractivity (Wildman–Crippen MR) is 132 cm³/mol. The maximum absolute atomic E-state index is 13.0. The summed E-state index contributed by atoms with van der Waals surface area (Å²) in [5.74, 6) is -0.0225. The van der Waals surface area contributed by atoms with Gasteiger partial charge >= 0.3 is 0 Å². The Hall–Kier alpha value is -3.41. The van der Waals surface area contributed by atoms with Gasteiger partial charge < -0.3 is 19.9 Å². The zero-order valence-corrected chi connectivity index (χ0v) is 19.1. The lowest BCUT2D eigenvalue weighted by molar-refractivity contribution is -0.143. The summed E-state index contributed by atoms with van der Waals surface area (Å²) >= 11 is 0. The molecule has 1 heterocycles. The molecule has 1 amide bonds. The molecule has 1 aliphatic heterocycles. The minimum absolute atomic E-state index is 0.00817. The topological polar surface area (TPSA) is 67.8 Å². The van der Waals surface area contributed by atoms with Gasteiger partial charge in [-0.3, -0.25) is 4.79 Å². The molecule has 0 bridgehead atoms. The Balaban J connectivity index is 1.40. The molecule has 3 aromatic carbocycles. The van der Waals surface area contributed by atoms with Crippen LogP contribution in [0.1, 0.15) is 41.9 Å². The number of fused-ring (bicyclic) bond motifs is 3. The monoisotopic (exact) mass is 455 g/mol. The van der Waals surface area contributed by atoms with Crippen molar-refractivity contribution in [2.45, 2.75) is 37.9 Å². The molecule has 5 rings (SSSR count). The molecular formula is C29H29NO4. The highest BCUT2D eigenvalue weighted by molar-refractivity contribution is 6.02. The first-order chi connectivity index (χ1) is 16.7. The Morgan fingerprint density at radius 3 is 2.62 bits per heavy atom. The summed E-state index contributed by atoms with van der Waals surface area (Å²) in [6, 6.07) is 24.5. The van der Waals surface area contributed by atoms with Crippen molar-refractivity contribution in [2.24, 2.45) is 0 Å². The Bertz CT molecular complexity index is 1190. The van der Waals surface area contributed by atoms with Crippen LogP contribution in [0.4, 0.5) is 5.69 Å². The number of benzene rings is 3. The number of carbonyl (C=O) groups is 1. The molecule has 3 aromatic rings. The van der Waals surface area contributed by atoms with Crippen LogP contribution in [0.3, 0.4) is 0 Å². The first-order valence-corrected chi connectivity index (χ1v) is 11.9. The maximum atomic E-state index is 13.0. The van der Waals surface area contributed by atoms with Crippen molar-refractivity contribution in [1.82, 2.24) is 0 Å². The van der Waals surface area contributed by atoms with Crippen molar-refractivity contribution in [2.75, 3.05) is 18.5 Å². The summed E-state index contributed by atoms with van der Waals surface area (Å²) in [6.45, 7) is 0.613. The molecule has 0 aromatic heterocycles. The minimum Gasteiger partial charge on any atom is -0.459 e. The van der Waals surface area contributed by atoms with E-state index >= 15 is 0 Å². The van der Waals surface area contributed by atoms with Crippen LogP contribution in [-0.2, 0) is 20.7 Å². The summed E-state index contributed by atoms with van der Waals surface area (Å²) < 4.78 is 11.9. The number of nitrogens with one attached hydrogen (secondary N) is 1. The molecule has 0 fully saturated rings. The second-order valence-corrected chi connectivity index (χ2v) is 8.79. The summed E-state index contributed by atoms with van der Waals surface area (Å²) in [5, 5.41) is 12.0. The van der Waals surface area contributed by atoms with Crippen molar-refractivity contribution >= 4 is 11.6 Å². The van der Waals surface area contributed by atoms with Crippen LogP contribution >= 0.6 is 0 Å². The third-order valence-electron chi connectivity index (χ3n) is 6.42. The number of para-hydroxylation sites is 1. The van der Waals surface area contributed by atoms with E-state index in [9.17, 15) is 4.79 Å². The summed E-state index contributed by atoms with van der Waals surface area (Å²) in [7, 11) is 0. The molecule has 2 N–H and O–H groups in total. The minimum atomic E-state index is -0.522. The van der Waals surface area contributed by atoms with Gasteiger partial charge in [-0.1, -0.05) is 60.7 Å². The molecule has 174 valence electrons. The predicted octanol–water partition coefficient (Wildman–Crippen LogP) is 5.40. The van der Waals surface area contributed by atoms with E-state index in [1.54, 1.807) is 0 Å². The molecule has 1 aliphatic carbocycles. The van der Waals surface area contributed by atoms with E-state index in [1.807, 2.05) is 36.4 Å². The standard InChI is InChI=1S/C29H29NO4/c31-14-6-7-15-33-28-19-23(18-27(34-28)29(32)30-24-9-2-1-3-10-24)20-12-13-22-16-21-8-4-5-11-25(21)26(22)17-20/h1-5,8-13,17-18,23,28,31H,6-7,14-16,19H2,(H,30,32)/t23-,28+/m0/s1. The Morgan fingerprint density at radius 1 is 0.971 bits per heavy atom. The van der Waals surface area contributed by atoms with E-state index < -0.39 is 6.29 Å². The Kier molecular flexibility index (Phi) is 6.74. The van der Waals surface area contributed by atoms with Gasteiger partial charge in [0, 0.05) is 24.6 Å². The molecule has 5 nitrogen and oxygen atoms in total. The van der Waals surface area contributed by atoms with Gasteiger partial charge in [-0.2, -0.15) is 0 Å². The lowest BCUT2D eigenvalue weighted by Crippen LogP contribution is -2.29. The molecule has 0 saturated carbocycles. The van der Waals surface area contributed by atoms with Gasteiger partial charge in [0.05, 0.1) is 6.61 Å². The number of hydrogen-bond acceptors (Lipinski definition) is 4. The van der Waals surface area contributed by atoms with E-state index in [1.165, 1.54) is 22.3 Å². The second kappa shape index (κ2) is 10.2. The van der Waals surface area contributed by atoms with Crippen molar-refractivity contribution in [3.63, 3.8) is 0 Å². The summed E-state index contributed by atoms with van der Waals surface area (Å²) in [6.07, 6.45) is 4.39. The number of carbonyl (C=O) groups excluding carboxylic acids is 1. The number of aliphatic hydroxyl groups excluding tert-OH is 1. The Labute approximate surface area is 200 Å². The molecule has 0 unspecified atom stereocenters. The number of allylic oxidation sites excluding steroid dienone is 1. The molecule has 0 saturated heterocycles. The number of unbranched alkanes of at least 4 members (excludes halogenated alkanes) is 1. The van der Waals surface area contributed by atoms with Crippen LogP contribution in [-0.4, -0.2) is 30.5 Å². The third kappa shape index (κ3) is 4.91. The molecule has 5 heteroatoms. The van der Waals surface area contributed by atoms with Crippen LogP contribution in [0.5, 0.6) is 0 Å². The van der Waals surface area contributed by atoms with E-state index in [2.05, 4.69) is 47.8 Å². The fourth-order valence-corrected chi connectivity index (χ4v) is 4.67. The fraction of sp³-hybridized carbons (Fsp3) is 0.276. The van der Waals surface area contributed by atoms with Crippen LogP contribution in [0.15, 0.2) is 84.6 Å². The third-order valence-corrected chi connectivity index (χ3v) is 6.42. The number of ether oxygens (including phenoxy) is 2. The highest BCUT2D eigenvalue weighted by atomic mass is 16.7. The average molecular weight is 456 g/mol. The lowest BCUT2D eigenvalue weighted by atomic mass is 9.90. The number of rotatable bonds is 8. The summed E-state index contributed by atoms with van der Waals surface area (Å²) in [5.41, 5.74) is 7.10. The van der Waals surface area contributed by atoms with Gasteiger partial charge in [0.1, 0.15) is 0 Å². The zero-order chi connectivity index (χ0) is 23.3. The van der Waals surface area contributed by atoms with Crippen molar-refractivity contribution in [3.8, 4) is 11.1 Å².